The lowest BCUT2D eigenvalue weighted by molar-refractivity contribution is -0.133. The molecule has 4 nitrogen and oxygen atoms in total. The van der Waals surface area contributed by atoms with Crippen molar-refractivity contribution in [1.82, 2.24) is 4.90 Å². The molecule has 1 saturated heterocycles. The Kier molecular flexibility index (Phi) is 8.71. The summed E-state index contributed by atoms with van der Waals surface area (Å²) in [5, 5.41) is 0. The number of hydrogen-bond acceptors (Lipinski definition) is 3. The second-order valence-corrected chi connectivity index (χ2v) is 5.32. The van der Waals surface area contributed by atoms with E-state index in [1.165, 1.54) is 5.69 Å². The van der Waals surface area contributed by atoms with Crippen LogP contribution in [-0.4, -0.2) is 43.0 Å². The molecule has 1 aliphatic heterocycles. The van der Waals surface area contributed by atoms with Crippen LogP contribution in [0.2, 0.25) is 0 Å². The maximum atomic E-state index is 12.0. The molecule has 0 aliphatic carbocycles. The van der Waals surface area contributed by atoms with E-state index in [0.717, 1.165) is 25.9 Å². The number of anilines is 1. The number of piperidine rings is 1. The Labute approximate surface area is 139 Å². The second kappa shape index (κ2) is 9.13. The number of hydrogen-bond donors (Lipinski definition) is 1. The smallest absolute Gasteiger partial charge is 0.239 e. The second-order valence-electron chi connectivity index (χ2n) is 5.32. The number of para-hydroxylation sites is 1. The van der Waals surface area contributed by atoms with Crippen molar-refractivity contribution in [1.29, 1.82) is 0 Å². The fourth-order valence-corrected chi connectivity index (χ4v) is 2.65. The maximum Gasteiger partial charge on any atom is 0.239 e. The number of nitrogens with two attached hydrogens (primary N) is 1. The van der Waals surface area contributed by atoms with Gasteiger partial charge in [0.2, 0.25) is 5.91 Å². The number of halogens is 2. The van der Waals surface area contributed by atoms with Gasteiger partial charge in [0.25, 0.3) is 0 Å². The van der Waals surface area contributed by atoms with Crippen LogP contribution in [0.25, 0.3) is 0 Å². The summed E-state index contributed by atoms with van der Waals surface area (Å²) in [6.07, 6.45) is 2.16. The highest BCUT2D eigenvalue weighted by Crippen LogP contribution is 2.21. The fourth-order valence-electron chi connectivity index (χ4n) is 2.65. The van der Waals surface area contributed by atoms with Crippen molar-refractivity contribution >= 4 is 36.4 Å². The van der Waals surface area contributed by atoms with E-state index in [0.29, 0.717) is 0 Å². The molecule has 6 heteroatoms. The van der Waals surface area contributed by atoms with Crippen molar-refractivity contribution in [2.75, 3.05) is 25.0 Å². The molecular formula is C15H25Cl2N3O. The van der Waals surface area contributed by atoms with Crippen molar-refractivity contribution in [3.63, 3.8) is 0 Å². The SMILES string of the molecule is C[C@@H](N)C(=O)N(C)C1CCCN(c2ccccc2)C1.Cl.Cl. The van der Waals surface area contributed by atoms with Crippen LogP contribution in [0.3, 0.4) is 0 Å². The molecule has 1 amide bonds. The first kappa shape index (κ1) is 20.0. The summed E-state index contributed by atoms with van der Waals surface area (Å²) in [7, 11) is 1.87. The normalized spacial score (nSPS) is 19.0. The molecule has 2 N–H and O–H groups in total. The largest absolute Gasteiger partial charge is 0.369 e. The predicted molar refractivity (Wildman–Crippen MR) is 92.6 cm³/mol. The molecule has 0 bridgehead atoms. The number of amides is 1. The standard InChI is InChI=1S/C15H23N3O.2ClH/c1-12(16)15(19)17(2)14-9-6-10-18(11-14)13-7-4-3-5-8-13;;/h3-5,7-8,12,14H,6,9-11,16H2,1-2H3;2*1H/t12-,14?;;/m1../s1. The van der Waals surface area contributed by atoms with Gasteiger partial charge in [-0.1, -0.05) is 18.2 Å². The lowest BCUT2D eigenvalue weighted by atomic mass is 10.0. The van der Waals surface area contributed by atoms with E-state index in [1.54, 1.807) is 6.92 Å². The van der Waals surface area contributed by atoms with Gasteiger partial charge in [0.05, 0.1) is 6.04 Å². The summed E-state index contributed by atoms with van der Waals surface area (Å²) >= 11 is 0. The summed E-state index contributed by atoms with van der Waals surface area (Å²) < 4.78 is 0. The average Bonchev–Trinajstić information content (AvgIpc) is 2.46. The van der Waals surface area contributed by atoms with Gasteiger partial charge in [0.1, 0.15) is 0 Å². The molecule has 1 aromatic carbocycles. The number of benzene rings is 1. The Morgan fingerprint density at radius 2 is 1.95 bits per heavy atom. The van der Waals surface area contributed by atoms with Crippen LogP contribution in [0.5, 0.6) is 0 Å². The van der Waals surface area contributed by atoms with Crippen LogP contribution in [0.4, 0.5) is 5.69 Å². The monoisotopic (exact) mass is 333 g/mol. The van der Waals surface area contributed by atoms with Gasteiger partial charge >= 0.3 is 0 Å². The highest BCUT2D eigenvalue weighted by molar-refractivity contribution is 5.85. The first-order valence-electron chi connectivity index (χ1n) is 6.92. The minimum absolute atomic E-state index is 0. The van der Waals surface area contributed by atoms with Gasteiger partial charge in [-0.15, -0.1) is 24.8 Å². The summed E-state index contributed by atoms with van der Waals surface area (Å²) in [6.45, 7) is 3.69. The van der Waals surface area contributed by atoms with Crippen LogP contribution < -0.4 is 10.6 Å². The Morgan fingerprint density at radius 1 is 1.33 bits per heavy atom. The van der Waals surface area contributed by atoms with E-state index < -0.39 is 6.04 Å². The van der Waals surface area contributed by atoms with Crippen LogP contribution in [-0.2, 0) is 4.79 Å². The third-order valence-electron chi connectivity index (χ3n) is 3.80. The lowest BCUT2D eigenvalue weighted by Crippen LogP contribution is -2.52. The molecule has 21 heavy (non-hydrogen) atoms. The van der Waals surface area contributed by atoms with Crippen LogP contribution in [0.1, 0.15) is 19.8 Å². The molecule has 1 aliphatic rings. The topological polar surface area (TPSA) is 49.6 Å². The summed E-state index contributed by atoms with van der Waals surface area (Å²) in [5.74, 6) is 0.0277. The molecule has 1 fully saturated rings. The number of likely N-dealkylation sites (N-methyl/N-ethyl adjacent to an activating group) is 1. The minimum Gasteiger partial charge on any atom is -0.369 e. The van der Waals surface area contributed by atoms with Crippen molar-refractivity contribution < 1.29 is 4.79 Å². The molecule has 1 unspecified atom stereocenters. The van der Waals surface area contributed by atoms with E-state index >= 15 is 0 Å². The Morgan fingerprint density at radius 3 is 2.52 bits per heavy atom. The zero-order valence-corrected chi connectivity index (χ0v) is 14.2. The third-order valence-corrected chi connectivity index (χ3v) is 3.80. The van der Waals surface area contributed by atoms with Crippen LogP contribution in [0, 0.1) is 0 Å². The molecule has 0 saturated carbocycles. The lowest BCUT2D eigenvalue weighted by Gasteiger charge is -2.39. The zero-order chi connectivity index (χ0) is 13.8. The van der Waals surface area contributed by atoms with E-state index in [1.807, 2.05) is 18.0 Å². The van der Waals surface area contributed by atoms with E-state index in [-0.39, 0.29) is 36.8 Å². The molecule has 2 rings (SSSR count). The minimum atomic E-state index is -0.419. The predicted octanol–water partition coefficient (Wildman–Crippen LogP) is 2.30. The van der Waals surface area contributed by atoms with Crippen LogP contribution in [0.15, 0.2) is 30.3 Å². The average molecular weight is 334 g/mol. The number of carbonyl (C=O) groups is 1. The number of nitrogens with zero attached hydrogens (tertiary/aromatic N) is 2. The Bertz CT molecular complexity index is 428. The van der Waals surface area contributed by atoms with Crippen molar-refractivity contribution in [2.24, 2.45) is 5.73 Å². The molecule has 1 aromatic rings. The molecule has 0 aromatic heterocycles. The Balaban J connectivity index is 0.00000200. The first-order valence-corrected chi connectivity index (χ1v) is 6.92. The van der Waals surface area contributed by atoms with E-state index in [2.05, 4.69) is 29.2 Å². The summed E-state index contributed by atoms with van der Waals surface area (Å²) in [6, 6.07) is 10.2. The Hall–Kier alpha value is -0.970. The van der Waals surface area contributed by atoms with Gasteiger partial charge in [-0.05, 0) is 31.9 Å². The highest BCUT2D eigenvalue weighted by Gasteiger charge is 2.27. The quantitative estimate of drug-likeness (QED) is 0.923. The van der Waals surface area contributed by atoms with Gasteiger partial charge in [-0.3, -0.25) is 4.79 Å². The van der Waals surface area contributed by atoms with Gasteiger partial charge in [0.15, 0.2) is 0 Å². The van der Waals surface area contributed by atoms with Crippen LogP contribution >= 0.6 is 24.8 Å². The first-order chi connectivity index (χ1) is 9.09. The number of carbonyl (C=O) groups excluding carboxylic acids is 1. The highest BCUT2D eigenvalue weighted by atomic mass is 35.5. The van der Waals surface area contributed by atoms with E-state index in [9.17, 15) is 4.79 Å². The summed E-state index contributed by atoms with van der Waals surface area (Å²) in [4.78, 5) is 16.1. The zero-order valence-electron chi connectivity index (χ0n) is 12.6. The van der Waals surface area contributed by atoms with Crippen molar-refractivity contribution in [3.05, 3.63) is 30.3 Å². The van der Waals surface area contributed by atoms with Gasteiger partial charge in [-0.25, -0.2) is 0 Å². The van der Waals surface area contributed by atoms with Gasteiger partial charge < -0.3 is 15.5 Å². The molecule has 1 heterocycles. The summed E-state index contributed by atoms with van der Waals surface area (Å²) in [5.41, 5.74) is 6.91. The van der Waals surface area contributed by atoms with Crippen molar-refractivity contribution in [2.45, 2.75) is 31.8 Å². The maximum absolute atomic E-state index is 12.0. The van der Waals surface area contributed by atoms with E-state index in [4.69, 9.17) is 5.73 Å². The van der Waals surface area contributed by atoms with Gasteiger partial charge in [0, 0.05) is 31.9 Å². The van der Waals surface area contributed by atoms with Gasteiger partial charge in [-0.2, -0.15) is 0 Å². The fraction of sp³-hybridized carbons (Fsp3) is 0.533. The molecular weight excluding hydrogens is 309 g/mol. The van der Waals surface area contributed by atoms with Crippen molar-refractivity contribution in [3.8, 4) is 0 Å². The molecule has 120 valence electrons. The molecule has 0 radical (unpaired) electrons. The number of rotatable bonds is 3. The molecule has 0 spiro atoms. The third kappa shape index (κ3) is 5.06. The molecule has 2 atom stereocenters.